The quantitative estimate of drug-likeness (QED) is 0.562. The Morgan fingerprint density at radius 2 is 2.06 bits per heavy atom. The average molecular weight is 230 g/mol. The third kappa shape index (κ3) is 5.25. The number of rotatable bonds is 10. The molecule has 0 saturated heterocycles. The summed E-state index contributed by atoms with van der Waals surface area (Å²) in [5.74, 6) is 0.851. The van der Waals surface area contributed by atoms with Gasteiger partial charge >= 0.3 is 0 Å². The molecule has 2 N–H and O–H groups in total. The number of ether oxygens (including phenoxy) is 2. The van der Waals surface area contributed by atoms with Crippen LogP contribution in [0.5, 0.6) is 0 Å². The summed E-state index contributed by atoms with van der Waals surface area (Å²) in [5.41, 5.74) is 5.80. The van der Waals surface area contributed by atoms with E-state index in [1.54, 1.807) is 7.11 Å². The lowest BCUT2D eigenvalue weighted by atomic mass is 10.1. The smallest absolute Gasteiger partial charge is 0.0700 e. The predicted molar refractivity (Wildman–Crippen MR) is 65.5 cm³/mol. The lowest BCUT2D eigenvalue weighted by Gasteiger charge is -2.26. The van der Waals surface area contributed by atoms with Crippen molar-refractivity contribution < 1.29 is 9.47 Å². The van der Waals surface area contributed by atoms with Gasteiger partial charge in [-0.3, -0.25) is 0 Å². The normalized spacial score (nSPS) is 18.0. The molecule has 1 aliphatic carbocycles. The van der Waals surface area contributed by atoms with Gasteiger partial charge in [-0.25, -0.2) is 0 Å². The first-order chi connectivity index (χ1) is 7.79. The minimum Gasteiger partial charge on any atom is -0.382 e. The van der Waals surface area contributed by atoms with E-state index in [0.717, 1.165) is 32.0 Å². The van der Waals surface area contributed by atoms with Crippen LogP contribution in [0.15, 0.2) is 0 Å². The molecule has 1 unspecified atom stereocenters. The summed E-state index contributed by atoms with van der Waals surface area (Å²) >= 11 is 0. The highest BCUT2D eigenvalue weighted by Crippen LogP contribution is 2.34. The highest BCUT2D eigenvalue weighted by atomic mass is 16.5. The number of nitrogens with two attached hydrogens (primary N) is 1. The number of hydrogen-bond donors (Lipinski definition) is 1. The Balaban J connectivity index is 1.98. The van der Waals surface area contributed by atoms with E-state index in [0.29, 0.717) is 19.3 Å². The van der Waals surface area contributed by atoms with Gasteiger partial charge in [-0.1, -0.05) is 0 Å². The highest BCUT2D eigenvalue weighted by Gasteiger charge is 2.32. The molecule has 1 atom stereocenters. The summed E-state index contributed by atoms with van der Waals surface area (Å²) in [6.07, 6.45) is 3.79. The molecule has 1 aliphatic rings. The van der Waals surface area contributed by atoms with Crippen LogP contribution in [0.4, 0.5) is 0 Å². The zero-order valence-corrected chi connectivity index (χ0v) is 10.7. The van der Waals surface area contributed by atoms with Crippen LogP contribution in [-0.2, 0) is 9.47 Å². The fourth-order valence-corrected chi connectivity index (χ4v) is 2.04. The van der Waals surface area contributed by atoms with Gasteiger partial charge < -0.3 is 20.1 Å². The van der Waals surface area contributed by atoms with Gasteiger partial charge in [0.15, 0.2) is 0 Å². The molecule has 0 bridgehead atoms. The van der Waals surface area contributed by atoms with Gasteiger partial charge in [0.1, 0.15) is 0 Å². The van der Waals surface area contributed by atoms with Crippen LogP contribution in [0.3, 0.4) is 0 Å². The molecule has 1 fully saturated rings. The molecule has 4 heteroatoms. The zero-order chi connectivity index (χ0) is 11.8. The second-order valence-corrected chi connectivity index (χ2v) is 4.58. The Morgan fingerprint density at radius 3 is 2.62 bits per heavy atom. The van der Waals surface area contributed by atoms with Crippen LogP contribution in [0.2, 0.25) is 0 Å². The minimum atomic E-state index is 0.582. The first-order valence-electron chi connectivity index (χ1n) is 6.26. The topological polar surface area (TPSA) is 47.7 Å². The van der Waals surface area contributed by atoms with Crippen molar-refractivity contribution in [3.05, 3.63) is 0 Å². The molecule has 0 aromatic heterocycles. The third-order valence-electron chi connectivity index (χ3n) is 3.21. The molecule has 0 heterocycles. The van der Waals surface area contributed by atoms with Crippen molar-refractivity contribution in [2.24, 2.45) is 11.7 Å². The van der Waals surface area contributed by atoms with Crippen LogP contribution >= 0.6 is 0 Å². The molecular weight excluding hydrogens is 204 g/mol. The lowest BCUT2D eigenvalue weighted by molar-refractivity contribution is 0.0640. The molecule has 0 aromatic rings. The summed E-state index contributed by atoms with van der Waals surface area (Å²) in [6, 6.07) is 0.582. The van der Waals surface area contributed by atoms with Crippen molar-refractivity contribution in [2.75, 3.05) is 47.1 Å². The van der Waals surface area contributed by atoms with Crippen LogP contribution in [0.25, 0.3) is 0 Å². The molecule has 0 aromatic carbocycles. The monoisotopic (exact) mass is 230 g/mol. The summed E-state index contributed by atoms with van der Waals surface area (Å²) in [5, 5.41) is 0. The van der Waals surface area contributed by atoms with E-state index in [9.17, 15) is 0 Å². The number of likely N-dealkylation sites (N-methyl/N-ethyl adjacent to an activating group) is 1. The number of hydrogen-bond acceptors (Lipinski definition) is 4. The zero-order valence-electron chi connectivity index (χ0n) is 10.7. The fourth-order valence-electron chi connectivity index (χ4n) is 2.04. The first kappa shape index (κ1) is 13.9. The van der Waals surface area contributed by atoms with Gasteiger partial charge in [0.2, 0.25) is 0 Å². The van der Waals surface area contributed by atoms with E-state index in [1.807, 2.05) is 0 Å². The Kier molecular flexibility index (Phi) is 6.96. The van der Waals surface area contributed by atoms with Gasteiger partial charge in [-0.05, 0) is 32.2 Å². The highest BCUT2D eigenvalue weighted by molar-refractivity contribution is 4.87. The van der Waals surface area contributed by atoms with Crippen LogP contribution in [0, 0.1) is 5.92 Å². The standard InChI is InChI=1S/C12H26N2O2/c1-14(12(10-13)11-4-5-11)6-3-7-16-9-8-15-2/h11-12H,3-10,13H2,1-2H3. The van der Waals surface area contributed by atoms with Gasteiger partial charge in [0.25, 0.3) is 0 Å². The Hall–Kier alpha value is -0.160. The summed E-state index contributed by atoms with van der Waals surface area (Å²) in [6.45, 7) is 4.05. The van der Waals surface area contributed by atoms with Gasteiger partial charge in [0, 0.05) is 32.8 Å². The van der Waals surface area contributed by atoms with Crippen molar-refractivity contribution >= 4 is 0 Å². The van der Waals surface area contributed by atoms with E-state index in [1.165, 1.54) is 12.8 Å². The van der Waals surface area contributed by atoms with Crippen LogP contribution in [-0.4, -0.2) is 58.0 Å². The summed E-state index contributed by atoms with van der Waals surface area (Å²) in [4.78, 5) is 2.39. The van der Waals surface area contributed by atoms with Gasteiger partial charge in [-0.15, -0.1) is 0 Å². The molecule has 16 heavy (non-hydrogen) atoms. The van der Waals surface area contributed by atoms with Gasteiger partial charge in [-0.2, -0.15) is 0 Å². The van der Waals surface area contributed by atoms with Crippen molar-refractivity contribution in [3.63, 3.8) is 0 Å². The molecular formula is C12H26N2O2. The summed E-state index contributed by atoms with van der Waals surface area (Å²) in [7, 11) is 3.86. The Morgan fingerprint density at radius 1 is 1.31 bits per heavy atom. The molecule has 1 rings (SSSR count). The maximum atomic E-state index is 5.80. The Bertz CT molecular complexity index is 174. The maximum Gasteiger partial charge on any atom is 0.0700 e. The lowest BCUT2D eigenvalue weighted by Crippen LogP contribution is -2.40. The van der Waals surface area contributed by atoms with E-state index in [4.69, 9.17) is 15.2 Å². The molecule has 4 nitrogen and oxygen atoms in total. The number of nitrogens with zero attached hydrogens (tertiary/aromatic N) is 1. The van der Waals surface area contributed by atoms with E-state index in [2.05, 4.69) is 11.9 Å². The third-order valence-corrected chi connectivity index (χ3v) is 3.21. The minimum absolute atomic E-state index is 0.582. The second-order valence-electron chi connectivity index (χ2n) is 4.58. The van der Waals surface area contributed by atoms with Crippen LogP contribution in [0.1, 0.15) is 19.3 Å². The maximum absolute atomic E-state index is 5.80. The van der Waals surface area contributed by atoms with E-state index < -0.39 is 0 Å². The van der Waals surface area contributed by atoms with E-state index in [-0.39, 0.29) is 0 Å². The largest absolute Gasteiger partial charge is 0.382 e. The molecule has 0 radical (unpaired) electrons. The molecule has 0 spiro atoms. The van der Waals surface area contributed by atoms with Crippen molar-refractivity contribution in [3.8, 4) is 0 Å². The van der Waals surface area contributed by atoms with Gasteiger partial charge in [0.05, 0.1) is 13.2 Å². The molecule has 1 saturated carbocycles. The van der Waals surface area contributed by atoms with Crippen LogP contribution < -0.4 is 5.73 Å². The molecule has 0 aliphatic heterocycles. The van der Waals surface area contributed by atoms with Crippen molar-refractivity contribution in [2.45, 2.75) is 25.3 Å². The SMILES string of the molecule is COCCOCCCN(C)C(CN)C1CC1. The van der Waals surface area contributed by atoms with Crippen molar-refractivity contribution in [1.29, 1.82) is 0 Å². The average Bonchev–Trinajstić information content (AvgIpc) is 3.08. The fraction of sp³-hybridized carbons (Fsp3) is 1.00. The first-order valence-corrected chi connectivity index (χ1v) is 6.26. The van der Waals surface area contributed by atoms with Crippen molar-refractivity contribution in [1.82, 2.24) is 4.90 Å². The number of methoxy groups -OCH3 is 1. The molecule has 96 valence electrons. The second kappa shape index (κ2) is 8.01. The van der Waals surface area contributed by atoms with E-state index >= 15 is 0 Å². The summed E-state index contributed by atoms with van der Waals surface area (Å²) < 4.78 is 10.3. The Labute approximate surface area is 99.1 Å². The predicted octanol–water partition coefficient (Wildman–Crippen LogP) is 0.709. The molecule has 0 amide bonds.